The molecule has 0 radical (unpaired) electrons. The Kier molecular flexibility index (Phi) is 3.88. The number of carbonyl (C=O) groups excluding carboxylic acids is 1. The zero-order valence-corrected chi connectivity index (χ0v) is 12.2. The third-order valence-corrected chi connectivity index (χ3v) is 4.90. The minimum absolute atomic E-state index is 0.221. The molecule has 5 nitrogen and oxygen atoms in total. The first kappa shape index (κ1) is 14.0. The second-order valence-electron chi connectivity index (χ2n) is 5.31. The van der Waals surface area contributed by atoms with Gasteiger partial charge < -0.3 is 10.4 Å². The summed E-state index contributed by atoms with van der Waals surface area (Å²) in [4.78, 5) is 28.0. The molecule has 0 spiro atoms. The molecule has 1 saturated carbocycles. The summed E-state index contributed by atoms with van der Waals surface area (Å²) in [5.74, 6) is -2.13. The van der Waals surface area contributed by atoms with Crippen molar-refractivity contribution in [3.05, 3.63) is 24.3 Å². The number of hydrogen-bond donors (Lipinski definition) is 2. The van der Waals surface area contributed by atoms with Crippen LogP contribution in [0.4, 0.5) is 5.13 Å². The minimum Gasteiger partial charge on any atom is -0.481 e. The molecule has 1 fully saturated rings. The number of benzene rings is 1. The molecule has 0 unspecified atom stereocenters. The van der Waals surface area contributed by atoms with Crippen LogP contribution in [-0.4, -0.2) is 22.0 Å². The molecule has 0 bridgehead atoms. The number of fused-ring (bicyclic) bond motifs is 1. The number of hydrogen-bond acceptors (Lipinski definition) is 4. The molecule has 6 heteroatoms. The first-order valence-corrected chi connectivity index (χ1v) is 7.86. The highest BCUT2D eigenvalue weighted by atomic mass is 32.1. The van der Waals surface area contributed by atoms with Crippen molar-refractivity contribution in [3.8, 4) is 0 Å². The SMILES string of the molecule is O=C(O)[C@H]1CCCC[C@@H]1C(=O)Nc1nc2ccccc2s1. The minimum atomic E-state index is -0.876. The Morgan fingerprint density at radius 1 is 1.19 bits per heavy atom. The van der Waals surface area contributed by atoms with Crippen molar-refractivity contribution in [2.24, 2.45) is 11.8 Å². The predicted octanol–water partition coefficient (Wildman–Crippen LogP) is 3.13. The molecule has 2 atom stereocenters. The molecule has 0 aliphatic heterocycles. The van der Waals surface area contributed by atoms with Crippen LogP contribution in [0, 0.1) is 11.8 Å². The van der Waals surface area contributed by atoms with Crippen molar-refractivity contribution in [2.75, 3.05) is 5.32 Å². The van der Waals surface area contributed by atoms with Crippen molar-refractivity contribution in [2.45, 2.75) is 25.7 Å². The summed E-state index contributed by atoms with van der Waals surface area (Å²) >= 11 is 1.41. The van der Waals surface area contributed by atoms with Crippen molar-refractivity contribution >= 4 is 38.6 Å². The maximum absolute atomic E-state index is 12.4. The first-order valence-electron chi connectivity index (χ1n) is 7.04. The van der Waals surface area contributed by atoms with E-state index in [1.165, 1.54) is 11.3 Å². The number of carbonyl (C=O) groups is 2. The van der Waals surface area contributed by atoms with E-state index in [1.54, 1.807) is 0 Å². The van der Waals surface area contributed by atoms with E-state index in [4.69, 9.17) is 0 Å². The van der Waals surface area contributed by atoms with Gasteiger partial charge >= 0.3 is 5.97 Å². The van der Waals surface area contributed by atoms with E-state index < -0.39 is 17.8 Å². The summed E-state index contributed by atoms with van der Waals surface area (Å²) in [6.07, 6.45) is 2.99. The molecule has 1 amide bonds. The van der Waals surface area contributed by atoms with Crippen LogP contribution in [0.15, 0.2) is 24.3 Å². The largest absolute Gasteiger partial charge is 0.481 e. The van der Waals surface area contributed by atoms with Crippen LogP contribution in [0.25, 0.3) is 10.2 Å². The first-order chi connectivity index (χ1) is 10.1. The molecule has 21 heavy (non-hydrogen) atoms. The standard InChI is InChI=1S/C15H16N2O3S/c18-13(9-5-1-2-6-10(9)14(19)20)17-15-16-11-7-3-4-8-12(11)21-15/h3-4,7-10H,1-2,5-6H2,(H,19,20)(H,16,17,18)/t9-,10-/m0/s1. The molecule has 1 aromatic carbocycles. The highest BCUT2D eigenvalue weighted by Crippen LogP contribution is 2.32. The number of aromatic nitrogens is 1. The Labute approximate surface area is 126 Å². The zero-order chi connectivity index (χ0) is 14.8. The fourth-order valence-corrected chi connectivity index (χ4v) is 3.73. The Morgan fingerprint density at radius 2 is 1.90 bits per heavy atom. The number of nitrogens with zero attached hydrogens (tertiary/aromatic N) is 1. The Bertz CT molecular complexity index is 649. The van der Waals surface area contributed by atoms with Crippen LogP contribution >= 0.6 is 11.3 Å². The van der Waals surface area contributed by atoms with Gasteiger partial charge in [-0.25, -0.2) is 4.98 Å². The van der Waals surface area contributed by atoms with Gasteiger partial charge in [-0.2, -0.15) is 0 Å². The van der Waals surface area contributed by atoms with Crippen molar-refractivity contribution in [1.82, 2.24) is 4.98 Å². The van der Waals surface area contributed by atoms with E-state index in [0.29, 0.717) is 18.0 Å². The molecule has 110 valence electrons. The summed E-state index contributed by atoms with van der Waals surface area (Å²) < 4.78 is 1.01. The van der Waals surface area contributed by atoms with Gasteiger partial charge in [0.2, 0.25) is 5.91 Å². The van der Waals surface area contributed by atoms with Gasteiger partial charge in [-0.3, -0.25) is 9.59 Å². The molecule has 2 aromatic rings. The van der Waals surface area contributed by atoms with Gasteiger partial charge in [0.05, 0.1) is 22.1 Å². The van der Waals surface area contributed by atoms with Crippen molar-refractivity contribution in [1.29, 1.82) is 0 Å². The molecular formula is C15H16N2O3S. The highest BCUT2D eigenvalue weighted by molar-refractivity contribution is 7.22. The number of thiazole rings is 1. The molecule has 1 heterocycles. The Hall–Kier alpha value is -1.95. The molecule has 3 rings (SSSR count). The number of rotatable bonds is 3. The fourth-order valence-electron chi connectivity index (χ4n) is 2.86. The number of anilines is 1. The monoisotopic (exact) mass is 304 g/mol. The number of nitrogens with one attached hydrogen (secondary N) is 1. The third-order valence-electron chi connectivity index (χ3n) is 3.94. The average Bonchev–Trinajstić information content (AvgIpc) is 2.89. The Morgan fingerprint density at radius 3 is 2.62 bits per heavy atom. The van der Waals surface area contributed by atoms with E-state index in [9.17, 15) is 14.7 Å². The van der Waals surface area contributed by atoms with Crippen LogP contribution in [-0.2, 0) is 9.59 Å². The van der Waals surface area contributed by atoms with Gasteiger partial charge in [0.1, 0.15) is 0 Å². The molecule has 1 aliphatic rings. The normalized spacial score (nSPS) is 22.1. The quantitative estimate of drug-likeness (QED) is 0.913. The van der Waals surface area contributed by atoms with Crippen LogP contribution in [0.2, 0.25) is 0 Å². The molecule has 1 aromatic heterocycles. The van der Waals surface area contributed by atoms with E-state index >= 15 is 0 Å². The third kappa shape index (κ3) is 2.90. The number of carboxylic acid groups (broad SMARTS) is 1. The van der Waals surface area contributed by atoms with Crippen LogP contribution in [0.3, 0.4) is 0 Å². The second kappa shape index (κ2) is 5.81. The zero-order valence-electron chi connectivity index (χ0n) is 11.4. The number of carboxylic acids is 1. The van der Waals surface area contributed by atoms with Crippen LogP contribution in [0.5, 0.6) is 0 Å². The number of aliphatic carboxylic acids is 1. The lowest BCUT2D eigenvalue weighted by molar-refractivity contribution is -0.147. The molecule has 0 saturated heterocycles. The van der Waals surface area contributed by atoms with Crippen molar-refractivity contribution in [3.63, 3.8) is 0 Å². The maximum atomic E-state index is 12.4. The molecule has 2 N–H and O–H groups in total. The lowest BCUT2D eigenvalue weighted by atomic mass is 9.79. The summed E-state index contributed by atoms with van der Waals surface area (Å²) in [6.45, 7) is 0. The summed E-state index contributed by atoms with van der Waals surface area (Å²) in [7, 11) is 0. The van der Waals surface area contributed by atoms with E-state index in [-0.39, 0.29) is 5.91 Å². The van der Waals surface area contributed by atoms with E-state index in [2.05, 4.69) is 10.3 Å². The fraction of sp³-hybridized carbons (Fsp3) is 0.400. The highest BCUT2D eigenvalue weighted by Gasteiger charge is 2.35. The van der Waals surface area contributed by atoms with Gasteiger partial charge in [0.25, 0.3) is 0 Å². The smallest absolute Gasteiger partial charge is 0.307 e. The van der Waals surface area contributed by atoms with E-state index in [0.717, 1.165) is 23.1 Å². The molecule has 1 aliphatic carbocycles. The predicted molar refractivity (Wildman–Crippen MR) is 81.3 cm³/mol. The lowest BCUT2D eigenvalue weighted by Crippen LogP contribution is -2.36. The number of amides is 1. The summed E-state index contributed by atoms with van der Waals surface area (Å²) in [5, 5.41) is 12.6. The van der Waals surface area contributed by atoms with Gasteiger partial charge in [-0.1, -0.05) is 36.3 Å². The topological polar surface area (TPSA) is 79.3 Å². The van der Waals surface area contributed by atoms with Gasteiger partial charge in [-0.15, -0.1) is 0 Å². The second-order valence-corrected chi connectivity index (χ2v) is 6.34. The molecular weight excluding hydrogens is 288 g/mol. The Balaban J connectivity index is 1.76. The van der Waals surface area contributed by atoms with Crippen LogP contribution in [0.1, 0.15) is 25.7 Å². The van der Waals surface area contributed by atoms with Gasteiger partial charge in [0.15, 0.2) is 5.13 Å². The maximum Gasteiger partial charge on any atom is 0.307 e. The van der Waals surface area contributed by atoms with Gasteiger partial charge in [0, 0.05) is 0 Å². The van der Waals surface area contributed by atoms with Crippen LogP contribution < -0.4 is 5.32 Å². The summed E-state index contributed by atoms with van der Waals surface area (Å²) in [5.41, 5.74) is 0.844. The van der Waals surface area contributed by atoms with E-state index in [1.807, 2.05) is 24.3 Å². The average molecular weight is 304 g/mol. The van der Waals surface area contributed by atoms with Gasteiger partial charge in [-0.05, 0) is 25.0 Å². The summed E-state index contributed by atoms with van der Waals surface area (Å²) in [6, 6.07) is 7.66. The number of para-hydroxylation sites is 1. The van der Waals surface area contributed by atoms with Crippen molar-refractivity contribution < 1.29 is 14.7 Å². The lowest BCUT2D eigenvalue weighted by Gasteiger charge is -2.26.